The van der Waals surface area contributed by atoms with E-state index in [9.17, 15) is 4.79 Å². The predicted octanol–water partition coefficient (Wildman–Crippen LogP) is 0.648. The maximum atomic E-state index is 12.1. The highest BCUT2D eigenvalue weighted by Gasteiger charge is 2.31. The van der Waals surface area contributed by atoms with Crippen LogP contribution < -0.4 is 5.73 Å². The smallest absolute Gasteiger partial charge is 0.233 e. The van der Waals surface area contributed by atoms with Crippen molar-refractivity contribution in [3.05, 3.63) is 5.82 Å². The lowest BCUT2D eigenvalue weighted by atomic mass is 10.4. The lowest BCUT2D eigenvalue weighted by Gasteiger charge is -2.19. The average Bonchev–Trinajstić information content (AvgIpc) is 3.16. The fourth-order valence-electron chi connectivity index (χ4n) is 2.09. The van der Waals surface area contributed by atoms with Gasteiger partial charge in [0.1, 0.15) is 5.82 Å². The van der Waals surface area contributed by atoms with Crippen molar-refractivity contribution in [1.82, 2.24) is 19.7 Å². The summed E-state index contributed by atoms with van der Waals surface area (Å²) in [6.45, 7) is 5.96. The maximum absolute atomic E-state index is 12.1. The van der Waals surface area contributed by atoms with Crippen molar-refractivity contribution in [2.45, 2.75) is 44.4 Å². The first-order valence-corrected chi connectivity index (χ1v) is 7.68. The molecular formula is C12H21N5OS. The molecule has 0 radical (unpaired) electrons. The Hall–Kier alpha value is -1.08. The van der Waals surface area contributed by atoms with Gasteiger partial charge in [0, 0.05) is 25.7 Å². The lowest BCUT2D eigenvalue weighted by molar-refractivity contribution is -0.128. The quantitative estimate of drug-likeness (QED) is 0.743. The summed E-state index contributed by atoms with van der Waals surface area (Å²) >= 11 is 1.45. The molecule has 1 aliphatic carbocycles. The summed E-state index contributed by atoms with van der Waals surface area (Å²) in [6, 6.07) is 0.474. The van der Waals surface area contributed by atoms with Gasteiger partial charge in [0.05, 0.1) is 5.75 Å². The standard InChI is InChI=1S/C12H21N5OS/c1-3-16(10-4-5-10)11(18)8-19-12-15-14-9(2)17(12)7-6-13/h10H,3-8,13H2,1-2H3. The summed E-state index contributed by atoms with van der Waals surface area (Å²) in [6.07, 6.45) is 2.29. The Morgan fingerprint density at radius 2 is 2.26 bits per heavy atom. The molecule has 19 heavy (non-hydrogen) atoms. The number of aryl methyl sites for hydroxylation is 1. The molecule has 106 valence electrons. The number of hydrogen-bond donors (Lipinski definition) is 1. The van der Waals surface area contributed by atoms with Gasteiger partial charge in [0.25, 0.3) is 0 Å². The van der Waals surface area contributed by atoms with Gasteiger partial charge >= 0.3 is 0 Å². The number of hydrogen-bond acceptors (Lipinski definition) is 5. The number of carbonyl (C=O) groups is 1. The molecule has 1 fully saturated rings. The average molecular weight is 283 g/mol. The number of amides is 1. The van der Waals surface area contributed by atoms with Crippen molar-refractivity contribution in [2.24, 2.45) is 5.73 Å². The highest BCUT2D eigenvalue weighted by atomic mass is 32.2. The van der Waals surface area contributed by atoms with E-state index >= 15 is 0 Å². The van der Waals surface area contributed by atoms with Crippen LogP contribution in [0.5, 0.6) is 0 Å². The third-order valence-electron chi connectivity index (χ3n) is 3.23. The van der Waals surface area contributed by atoms with E-state index in [1.165, 1.54) is 11.8 Å². The van der Waals surface area contributed by atoms with Crippen molar-refractivity contribution >= 4 is 17.7 Å². The molecule has 0 bridgehead atoms. The molecule has 0 saturated heterocycles. The van der Waals surface area contributed by atoms with Crippen molar-refractivity contribution < 1.29 is 4.79 Å². The van der Waals surface area contributed by atoms with Gasteiger partial charge in [0.15, 0.2) is 5.16 Å². The molecule has 1 amide bonds. The van der Waals surface area contributed by atoms with Crippen LogP contribution in [0.3, 0.4) is 0 Å². The van der Waals surface area contributed by atoms with Crippen LogP contribution in [0.2, 0.25) is 0 Å². The zero-order chi connectivity index (χ0) is 13.8. The molecule has 1 aromatic rings. The zero-order valence-corrected chi connectivity index (χ0v) is 12.3. The maximum Gasteiger partial charge on any atom is 0.233 e. The molecule has 1 saturated carbocycles. The summed E-state index contributed by atoms with van der Waals surface area (Å²) in [7, 11) is 0. The van der Waals surface area contributed by atoms with Crippen LogP contribution in [0.4, 0.5) is 0 Å². The third-order valence-corrected chi connectivity index (χ3v) is 4.18. The predicted molar refractivity (Wildman–Crippen MR) is 74.9 cm³/mol. The van der Waals surface area contributed by atoms with Crippen molar-refractivity contribution in [3.63, 3.8) is 0 Å². The van der Waals surface area contributed by atoms with Gasteiger partial charge in [0.2, 0.25) is 5.91 Å². The largest absolute Gasteiger partial charge is 0.339 e. The van der Waals surface area contributed by atoms with E-state index in [2.05, 4.69) is 10.2 Å². The van der Waals surface area contributed by atoms with Crippen LogP contribution in [-0.4, -0.2) is 50.5 Å². The van der Waals surface area contributed by atoms with Crippen molar-refractivity contribution in [1.29, 1.82) is 0 Å². The van der Waals surface area contributed by atoms with E-state index in [1.807, 2.05) is 23.3 Å². The van der Waals surface area contributed by atoms with Crippen LogP contribution >= 0.6 is 11.8 Å². The van der Waals surface area contributed by atoms with Gasteiger partial charge in [-0.2, -0.15) is 0 Å². The van der Waals surface area contributed by atoms with Crippen molar-refractivity contribution in [3.8, 4) is 0 Å². The molecule has 0 aliphatic heterocycles. The fourth-order valence-corrected chi connectivity index (χ4v) is 2.98. The molecule has 0 aromatic carbocycles. The Morgan fingerprint density at radius 1 is 1.53 bits per heavy atom. The second-order valence-electron chi connectivity index (χ2n) is 4.67. The monoisotopic (exact) mass is 283 g/mol. The number of rotatable bonds is 7. The minimum Gasteiger partial charge on any atom is -0.339 e. The van der Waals surface area contributed by atoms with E-state index < -0.39 is 0 Å². The summed E-state index contributed by atoms with van der Waals surface area (Å²) in [4.78, 5) is 14.1. The summed E-state index contributed by atoms with van der Waals surface area (Å²) in [5, 5.41) is 8.92. The number of thioether (sulfide) groups is 1. The lowest BCUT2D eigenvalue weighted by Crippen LogP contribution is -2.34. The number of aromatic nitrogens is 3. The van der Waals surface area contributed by atoms with E-state index in [-0.39, 0.29) is 5.91 Å². The van der Waals surface area contributed by atoms with Crippen LogP contribution in [0.1, 0.15) is 25.6 Å². The van der Waals surface area contributed by atoms with Crippen LogP contribution in [0.15, 0.2) is 5.16 Å². The van der Waals surface area contributed by atoms with E-state index in [0.717, 1.165) is 30.4 Å². The van der Waals surface area contributed by atoms with Gasteiger partial charge in [-0.25, -0.2) is 0 Å². The highest BCUT2D eigenvalue weighted by molar-refractivity contribution is 7.99. The first-order chi connectivity index (χ1) is 9.17. The minimum absolute atomic E-state index is 0.190. The van der Waals surface area contributed by atoms with Gasteiger partial charge in [-0.3, -0.25) is 4.79 Å². The number of nitrogens with two attached hydrogens (primary N) is 1. The summed E-state index contributed by atoms with van der Waals surface area (Å²) < 4.78 is 1.96. The zero-order valence-electron chi connectivity index (χ0n) is 11.5. The molecule has 0 spiro atoms. The van der Waals surface area contributed by atoms with Gasteiger partial charge in [-0.15, -0.1) is 10.2 Å². The van der Waals surface area contributed by atoms with Gasteiger partial charge < -0.3 is 15.2 Å². The van der Waals surface area contributed by atoms with Gasteiger partial charge in [-0.1, -0.05) is 11.8 Å². The van der Waals surface area contributed by atoms with Gasteiger partial charge in [-0.05, 0) is 26.7 Å². The van der Waals surface area contributed by atoms with Crippen LogP contribution in [0, 0.1) is 6.92 Å². The number of nitrogens with zero attached hydrogens (tertiary/aromatic N) is 4. The second-order valence-corrected chi connectivity index (χ2v) is 5.61. The van der Waals surface area contributed by atoms with Crippen LogP contribution in [-0.2, 0) is 11.3 Å². The normalized spacial score (nSPS) is 14.7. The second kappa shape index (κ2) is 6.38. The van der Waals surface area contributed by atoms with E-state index in [1.54, 1.807) is 0 Å². The number of carbonyl (C=O) groups excluding carboxylic acids is 1. The SMILES string of the molecule is CCN(C(=O)CSc1nnc(C)n1CCN)C1CC1. The molecular weight excluding hydrogens is 262 g/mol. The molecule has 1 aromatic heterocycles. The molecule has 6 nitrogen and oxygen atoms in total. The van der Waals surface area contributed by atoms with E-state index in [0.29, 0.717) is 24.9 Å². The molecule has 2 rings (SSSR count). The summed E-state index contributed by atoms with van der Waals surface area (Å²) in [5.41, 5.74) is 5.57. The third kappa shape index (κ3) is 3.48. The Labute approximate surface area is 117 Å². The molecule has 7 heteroatoms. The fraction of sp³-hybridized carbons (Fsp3) is 0.750. The first-order valence-electron chi connectivity index (χ1n) is 6.69. The molecule has 1 heterocycles. The highest BCUT2D eigenvalue weighted by Crippen LogP contribution is 2.27. The van der Waals surface area contributed by atoms with Crippen molar-refractivity contribution in [2.75, 3.05) is 18.8 Å². The van der Waals surface area contributed by atoms with Crippen LogP contribution in [0.25, 0.3) is 0 Å². The summed E-state index contributed by atoms with van der Waals surface area (Å²) in [5.74, 6) is 1.46. The topological polar surface area (TPSA) is 77.0 Å². The molecule has 2 N–H and O–H groups in total. The molecule has 1 aliphatic rings. The van der Waals surface area contributed by atoms with E-state index in [4.69, 9.17) is 5.73 Å². The Balaban J connectivity index is 1.92. The Morgan fingerprint density at radius 3 is 2.84 bits per heavy atom. The first kappa shape index (κ1) is 14.3. The molecule has 0 atom stereocenters. The Kier molecular flexibility index (Phi) is 4.81. The Bertz CT molecular complexity index is 443. The minimum atomic E-state index is 0.190. The molecule has 0 unspecified atom stereocenters.